The van der Waals surface area contributed by atoms with E-state index in [1.165, 1.54) is 11.0 Å². The summed E-state index contributed by atoms with van der Waals surface area (Å²) < 4.78 is 34.0. The smallest absolute Gasteiger partial charge is 0.318 e. The fourth-order valence-corrected chi connectivity index (χ4v) is 3.95. The second kappa shape index (κ2) is 11.0. The van der Waals surface area contributed by atoms with Gasteiger partial charge in [-0.05, 0) is 18.2 Å². The van der Waals surface area contributed by atoms with Crippen molar-refractivity contribution in [1.29, 1.82) is 0 Å². The zero-order valence-electron chi connectivity index (χ0n) is 18.9. The molecule has 0 bridgehead atoms. The van der Waals surface area contributed by atoms with E-state index in [1.807, 2.05) is 0 Å². The normalized spacial score (nSPS) is 16.5. The first kappa shape index (κ1) is 26.3. The van der Waals surface area contributed by atoms with Crippen molar-refractivity contribution in [3.05, 3.63) is 64.2 Å². The van der Waals surface area contributed by atoms with Crippen LogP contribution in [0.3, 0.4) is 0 Å². The molecule has 3 rings (SSSR count). The zero-order valence-corrected chi connectivity index (χ0v) is 20.4. The standard InChI is InChI=1S/C22H25Cl2F2N7O2/c1-13(27)31-17-11-32(21(34)29-12-22(2,25)26)10-15(17)20(28)19-16(24)8-14(23)9-18(19)35-7-6-33-5-3-4-30-33/h3-5,8-9H,1,6-7,10-12,27-28H2,2H3,(H,29,34)/b20-15-,31-17-. The molecule has 1 aromatic carbocycles. The van der Waals surface area contributed by atoms with Gasteiger partial charge in [0.2, 0.25) is 0 Å². The summed E-state index contributed by atoms with van der Waals surface area (Å²) in [5.41, 5.74) is 13.5. The number of alkyl halides is 2. The molecule has 1 aliphatic rings. The molecule has 1 fully saturated rings. The van der Waals surface area contributed by atoms with Crippen LogP contribution in [0, 0.1) is 0 Å². The molecule has 0 unspecified atom stereocenters. The lowest BCUT2D eigenvalue weighted by atomic mass is 10.0. The highest BCUT2D eigenvalue weighted by Gasteiger charge is 2.32. The predicted octanol–water partition coefficient (Wildman–Crippen LogP) is 3.49. The summed E-state index contributed by atoms with van der Waals surface area (Å²) in [5.74, 6) is -2.75. The summed E-state index contributed by atoms with van der Waals surface area (Å²) in [7, 11) is 0. The lowest BCUT2D eigenvalue weighted by Crippen LogP contribution is -2.43. The molecule has 0 spiro atoms. The van der Waals surface area contributed by atoms with E-state index in [0.717, 1.165) is 0 Å². The van der Waals surface area contributed by atoms with E-state index in [4.69, 9.17) is 39.4 Å². The van der Waals surface area contributed by atoms with Crippen molar-refractivity contribution in [2.24, 2.45) is 16.5 Å². The fourth-order valence-electron chi connectivity index (χ4n) is 3.38. The van der Waals surface area contributed by atoms with Gasteiger partial charge in [0.25, 0.3) is 5.92 Å². The number of halogens is 4. The van der Waals surface area contributed by atoms with Gasteiger partial charge in [-0.25, -0.2) is 18.6 Å². The maximum Gasteiger partial charge on any atom is 0.318 e. The minimum atomic E-state index is -3.06. The van der Waals surface area contributed by atoms with Gasteiger partial charge in [-0.1, -0.05) is 29.8 Å². The summed E-state index contributed by atoms with van der Waals surface area (Å²) >= 11 is 12.7. The molecule has 2 amide bonds. The maximum absolute atomic E-state index is 13.2. The number of amides is 2. The minimum absolute atomic E-state index is 0.00875. The third-order valence-corrected chi connectivity index (χ3v) is 5.42. The number of hydrogen-bond acceptors (Lipinski definition) is 6. The lowest BCUT2D eigenvalue weighted by molar-refractivity contribution is 0.0242. The van der Waals surface area contributed by atoms with Crippen molar-refractivity contribution in [2.45, 2.75) is 19.4 Å². The molecular weight excluding hydrogens is 503 g/mol. The lowest BCUT2D eigenvalue weighted by Gasteiger charge is -2.18. The van der Waals surface area contributed by atoms with Crippen LogP contribution in [0.4, 0.5) is 13.6 Å². The highest BCUT2D eigenvalue weighted by Crippen LogP contribution is 2.37. The number of carbonyl (C=O) groups excluding carboxylic acids is 1. The quantitative estimate of drug-likeness (QED) is 0.484. The molecule has 2 aromatic rings. The second-order valence-electron chi connectivity index (χ2n) is 7.91. The zero-order chi connectivity index (χ0) is 25.8. The molecular formula is C22H25Cl2F2N7O2. The minimum Gasteiger partial charge on any atom is -0.491 e. The third kappa shape index (κ3) is 7.09. The molecule has 0 radical (unpaired) electrons. The molecule has 0 saturated carbocycles. The molecule has 9 nitrogen and oxygen atoms in total. The van der Waals surface area contributed by atoms with Crippen LogP contribution in [-0.4, -0.2) is 58.6 Å². The van der Waals surface area contributed by atoms with E-state index < -0.39 is 18.5 Å². The largest absolute Gasteiger partial charge is 0.491 e. The van der Waals surface area contributed by atoms with Crippen LogP contribution < -0.4 is 21.5 Å². The number of hydrogen-bond donors (Lipinski definition) is 3. The van der Waals surface area contributed by atoms with Crippen molar-refractivity contribution in [3.8, 4) is 5.75 Å². The maximum atomic E-state index is 13.2. The number of urea groups is 1. The first-order valence-corrected chi connectivity index (χ1v) is 11.2. The van der Waals surface area contributed by atoms with E-state index in [9.17, 15) is 13.6 Å². The Morgan fingerprint density at radius 2 is 2.09 bits per heavy atom. The molecule has 0 aliphatic carbocycles. The Morgan fingerprint density at radius 1 is 1.34 bits per heavy atom. The first-order chi connectivity index (χ1) is 16.4. The van der Waals surface area contributed by atoms with Crippen LogP contribution in [0.1, 0.15) is 12.5 Å². The van der Waals surface area contributed by atoms with Gasteiger partial charge >= 0.3 is 6.03 Å². The predicted molar refractivity (Wildman–Crippen MR) is 132 cm³/mol. The Labute approximate surface area is 211 Å². The van der Waals surface area contributed by atoms with Crippen LogP contribution in [-0.2, 0) is 6.54 Å². The summed E-state index contributed by atoms with van der Waals surface area (Å²) in [6.07, 6.45) is 3.44. The van der Waals surface area contributed by atoms with Crippen LogP contribution in [0.15, 0.2) is 53.6 Å². The molecule has 2 heterocycles. The summed E-state index contributed by atoms with van der Waals surface area (Å²) in [6, 6.07) is 4.16. The molecule has 1 saturated heterocycles. The number of carbonyl (C=O) groups is 1. The fraction of sp³-hybridized carbons (Fsp3) is 0.318. The first-order valence-electron chi connectivity index (χ1n) is 10.5. The van der Waals surface area contributed by atoms with E-state index in [-0.39, 0.29) is 36.2 Å². The third-order valence-electron chi connectivity index (χ3n) is 4.90. The van der Waals surface area contributed by atoms with Crippen LogP contribution in [0.5, 0.6) is 5.75 Å². The molecule has 13 heteroatoms. The molecule has 0 atom stereocenters. The number of nitrogens with zero attached hydrogens (tertiary/aromatic N) is 4. The Hall–Kier alpha value is -3.31. The van der Waals surface area contributed by atoms with Crippen molar-refractivity contribution in [2.75, 3.05) is 26.2 Å². The van der Waals surface area contributed by atoms with Crippen molar-refractivity contribution >= 4 is 40.6 Å². The van der Waals surface area contributed by atoms with Gasteiger partial charge in [0.1, 0.15) is 18.2 Å². The van der Waals surface area contributed by atoms with Gasteiger partial charge in [0, 0.05) is 29.9 Å². The number of nitrogens with one attached hydrogen (secondary N) is 1. The second-order valence-corrected chi connectivity index (χ2v) is 8.75. The molecule has 188 valence electrons. The number of nitrogens with two attached hydrogens (primary N) is 2. The molecule has 5 N–H and O–H groups in total. The number of aromatic nitrogens is 2. The van der Waals surface area contributed by atoms with E-state index in [2.05, 4.69) is 22.0 Å². The SMILES string of the molecule is C=C(N)/N=C1/CN(C(=O)NCC(C)(F)F)C/C1=C(/N)c1c(Cl)cc(Cl)cc1OCCn1cccn1. The van der Waals surface area contributed by atoms with Gasteiger partial charge in [-0.2, -0.15) is 5.10 Å². The monoisotopic (exact) mass is 527 g/mol. The van der Waals surface area contributed by atoms with E-state index in [0.29, 0.717) is 41.1 Å². The van der Waals surface area contributed by atoms with Crippen molar-refractivity contribution in [1.82, 2.24) is 20.0 Å². The summed E-state index contributed by atoms with van der Waals surface area (Å²) in [4.78, 5) is 18.0. The van der Waals surface area contributed by atoms with Gasteiger partial charge in [0.15, 0.2) is 0 Å². The van der Waals surface area contributed by atoms with Crippen molar-refractivity contribution in [3.63, 3.8) is 0 Å². The van der Waals surface area contributed by atoms with Crippen LogP contribution in [0.25, 0.3) is 5.70 Å². The van der Waals surface area contributed by atoms with E-state index >= 15 is 0 Å². The van der Waals surface area contributed by atoms with Crippen molar-refractivity contribution < 1.29 is 18.3 Å². The van der Waals surface area contributed by atoms with Gasteiger partial charge in [-0.3, -0.25) is 4.68 Å². The number of aliphatic imine (C=N–C) groups is 1. The average molecular weight is 528 g/mol. The Bertz CT molecular complexity index is 1160. The Morgan fingerprint density at radius 3 is 2.71 bits per heavy atom. The summed E-state index contributed by atoms with van der Waals surface area (Å²) in [5, 5.41) is 6.87. The van der Waals surface area contributed by atoms with Gasteiger partial charge < -0.3 is 26.4 Å². The highest BCUT2D eigenvalue weighted by molar-refractivity contribution is 6.36. The van der Waals surface area contributed by atoms with Gasteiger partial charge in [-0.15, -0.1) is 0 Å². The van der Waals surface area contributed by atoms with Gasteiger partial charge in [0.05, 0.1) is 48.2 Å². The number of likely N-dealkylation sites (tertiary alicyclic amines) is 1. The molecule has 1 aromatic heterocycles. The Kier molecular flexibility index (Phi) is 8.23. The van der Waals surface area contributed by atoms with E-state index in [1.54, 1.807) is 29.2 Å². The van der Waals surface area contributed by atoms with Crippen LogP contribution >= 0.6 is 23.2 Å². The number of rotatable bonds is 8. The number of ether oxygens (including phenoxy) is 1. The number of benzene rings is 1. The highest BCUT2D eigenvalue weighted by atomic mass is 35.5. The molecule has 35 heavy (non-hydrogen) atoms. The Balaban J connectivity index is 1.93. The summed E-state index contributed by atoms with van der Waals surface area (Å²) in [6.45, 7) is 4.13. The average Bonchev–Trinajstić information content (AvgIpc) is 3.40. The molecule has 1 aliphatic heterocycles. The topological polar surface area (TPSA) is 124 Å². The van der Waals surface area contributed by atoms with Crippen LogP contribution in [0.2, 0.25) is 10.0 Å².